The van der Waals surface area contributed by atoms with Crippen molar-refractivity contribution in [3.05, 3.63) is 53.4 Å². The highest BCUT2D eigenvalue weighted by atomic mass is 16.5. The van der Waals surface area contributed by atoms with Crippen LogP contribution in [0.3, 0.4) is 0 Å². The van der Waals surface area contributed by atoms with Crippen molar-refractivity contribution < 1.29 is 9.32 Å². The minimum absolute atomic E-state index is 0.0303. The number of rotatable bonds is 4. The second kappa shape index (κ2) is 8.26. The Hall–Kier alpha value is -2.14. The van der Waals surface area contributed by atoms with E-state index in [-0.39, 0.29) is 11.8 Å². The third-order valence-corrected chi connectivity index (χ3v) is 6.17. The second-order valence-corrected chi connectivity index (χ2v) is 7.87. The minimum atomic E-state index is -0.0303. The third-order valence-electron chi connectivity index (χ3n) is 6.17. The quantitative estimate of drug-likeness (QED) is 0.822. The van der Waals surface area contributed by atoms with Crippen molar-refractivity contribution in [3.8, 4) is 0 Å². The van der Waals surface area contributed by atoms with Gasteiger partial charge in [-0.05, 0) is 18.4 Å². The van der Waals surface area contributed by atoms with Gasteiger partial charge >= 0.3 is 0 Å². The van der Waals surface area contributed by atoms with E-state index < -0.39 is 0 Å². The Morgan fingerprint density at radius 2 is 1.78 bits per heavy atom. The molecule has 5 heteroatoms. The summed E-state index contributed by atoms with van der Waals surface area (Å²) >= 11 is 0. The number of carbonyl (C=O) groups is 1. The fourth-order valence-corrected chi connectivity index (χ4v) is 4.40. The third kappa shape index (κ3) is 4.08. The van der Waals surface area contributed by atoms with E-state index in [0.29, 0.717) is 5.76 Å². The summed E-state index contributed by atoms with van der Waals surface area (Å²) in [5, 5.41) is 4.16. The number of nitrogens with zero attached hydrogens (tertiary/aromatic N) is 3. The molecule has 0 N–H and O–H groups in total. The molecule has 2 heterocycles. The first-order valence-corrected chi connectivity index (χ1v) is 10.3. The highest BCUT2D eigenvalue weighted by Gasteiger charge is 2.29. The number of benzene rings is 1. The van der Waals surface area contributed by atoms with Crippen molar-refractivity contribution in [1.82, 2.24) is 15.0 Å². The van der Waals surface area contributed by atoms with E-state index in [1.165, 1.54) is 37.7 Å². The molecule has 1 saturated heterocycles. The maximum Gasteiger partial charge on any atom is 0.292 e. The van der Waals surface area contributed by atoms with E-state index in [0.717, 1.165) is 37.9 Å². The van der Waals surface area contributed by atoms with Gasteiger partial charge in [0, 0.05) is 44.2 Å². The Bertz CT molecular complexity index is 744. The van der Waals surface area contributed by atoms with Crippen LogP contribution >= 0.6 is 0 Å². The van der Waals surface area contributed by atoms with E-state index in [2.05, 4.69) is 29.1 Å². The Labute approximate surface area is 161 Å². The van der Waals surface area contributed by atoms with Gasteiger partial charge in [0.05, 0.1) is 5.69 Å². The van der Waals surface area contributed by atoms with Crippen LogP contribution in [0.25, 0.3) is 0 Å². The molecule has 2 aromatic rings. The topological polar surface area (TPSA) is 49.6 Å². The molecule has 0 spiro atoms. The van der Waals surface area contributed by atoms with Gasteiger partial charge in [0.15, 0.2) is 0 Å². The Kier molecular flexibility index (Phi) is 5.58. The van der Waals surface area contributed by atoms with Gasteiger partial charge in [0.2, 0.25) is 5.76 Å². The number of hydrogen-bond donors (Lipinski definition) is 0. The average molecular weight is 367 g/mol. The van der Waals surface area contributed by atoms with Crippen LogP contribution < -0.4 is 0 Å². The molecule has 2 fully saturated rings. The standard InChI is InChI=1S/C22H29N3O2/c1-17(18-8-4-2-5-9-18)20-16-21(27-23-20)22(26)25-14-12-24(13-15-25)19-10-6-3-7-11-19/h2,4-5,8-9,16-17,19H,3,6-7,10-15H2,1H3/t17-/m1/s1. The van der Waals surface area contributed by atoms with Crippen molar-refractivity contribution in [2.45, 2.75) is 51.0 Å². The maximum absolute atomic E-state index is 12.8. The number of carbonyl (C=O) groups excluding carboxylic acids is 1. The van der Waals surface area contributed by atoms with Crippen molar-refractivity contribution in [2.75, 3.05) is 26.2 Å². The number of hydrogen-bond acceptors (Lipinski definition) is 4. The van der Waals surface area contributed by atoms with Gasteiger partial charge in [-0.3, -0.25) is 9.69 Å². The summed E-state index contributed by atoms with van der Waals surface area (Å²) in [6.07, 6.45) is 6.71. The number of aromatic nitrogens is 1. The second-order valence-electron chi connectivity index (χ2n) is 7.87. The van der Waals surface area contributed by atoms with Gasteiger partial charge < -0.3 is 9.42 Å². The molecule has 1 aliphatic carbocycles. The molecule has 1 aromatic carbocycles. The largest absolute Gasteiger partial charge is 0.351 e. The van der Waals surface area contributed by atoms with Crippen molar-refractivity contribution in [3.63, 3.8) is 0 Å². The van der Waals surface area contributed by atoms with Gasteiger partial charge in [0.25, 0.3) is 5.91 Å². The molecule has 1 atom stereocenters. The van der Waals surface area contributed by atoms with E-state index in [9.17, 15) is 4.79 Å². The molecular formula is C22H29N3O2. The summed E-state index contributed by atoms with van der Waals surface area (Å²) in [5.41, 5.74) is 1.98. The summed E-state index contributed by atoms with van der Waals surface area (Å²) in [7, 11) is 0. The van der Waals surface area contributed by atoms with Crippen LogP contribution in [0.4, 0.5) is 0 Å². The van der Waals surface area contributed by atoms with Gasteiger partial charge in [-0.15, -0.1) is 0 Å². The smallest absolute Gasteiger partial charge is 0.292 e. The molecule has 1 aliphatic heterocycles. The predicted molar refractivity (Wildman–Crippen MR) is 105 cm³/mol. The van der Waals surface area contributed by atoms with E-state index >= 15 is 0 Å². The minimum Gasteiger partial charge on any atom is -0.351 e. The zero-order valence-electron chi connectivity index (χ0n) is 16.1. The Morgan fingerprint density at radius 3 is 2.48 bits per heavy atom. The van der Waals surface area contributed by atoms with Gasteiger partial charge in [0.1, 0.15) is 0 Å². The molecule has 144 valence electrons. The number of amides is 1. The van der Waals surface area contributed by atoms with E-state index in [4.69, 9.17) is 4.52 Å². The fourth-order valence-electron chi connectivity index (χ4n) is 4.40. The Morgan fingerprint density at radius 1 is 1.07 bits per heavy atom. The molecule has 1 aromatic heterocycles. The SMILES string of the molecule is C[C@H](c1ccccc1)c1cc(C(=O)N2CCN(C3CCCCC3)CC2)on1. The summed E-state index contributed by atoms with van der Waals surface area (Å²) in [5.74, 6) is 0.441. The molecule has 0 bridgehead atoms. The highest BCUT2D eigenvalue weighted by Crippen LogP contribution is 2.25. The maximum atomic E-state index is 12.8. The Balaban J connectivity index is 1.36. The zero-order chi connectivity index (χ0) is 18.6. The van der Waals surface area contributed by atoms with Crippen LogP contribution in [0.15, 0.2) is 40.9 Å². The van der Waals surface area contributed by atoms with Crippen molar-refractivity contribution in [2.24, 2.45) is 0 Å². The first kappa shape index (κ1) is 18.2. The normalized spacial score (nSPS) is 20.6. The lowest BCUT2D eigenvalue weighted by molar-refractivity contribution is 0.0489. The van der Waals surface area contributed by atoms with Gasteiger partial charge in [-0.1, -0.05) is 61.7 Å². The van der Waals surface area contributed by atoms with Crippen LogP contribution in [-0.2, 0) is 0 Å². The number of piperazine rings is 1. The summed E-state index contributed by atoms with van der Waals surface area (Å²) in [6.45, 7) is 5.58. The monoisotopic (exact) mass is 367 g/mol. The van der Waals surface area contributed by atoms with Crippen LogP contribution in [-0.4, -0.2) is 53.1 Å². The summed E-state index contributed by atoms with van der Waals surface area (Å²) in [6, 6.07) is 12.7. The van der Waals surface area contributed by atoms with E-state index in [1.54, 1.807) is 0 Å². The van der Waals surface area contributed by atoms with Crippen LogP contribution in [0.2, 0.25) is 0 Å². The predicted octanol–water partition coefficient (Wildman–Crippen LogP) is 3.92. The van der Waals surface area contributed by atoms with Crippen molar-refractivity contribution in [1.29, 1.82) is 0 Å². The lowest BCUT2D eigenvalue weighted by atomic mass is 9.94. The average Bonchev–Trinajstić information content (AvgIpc) is 3.24. The first-order chi connectivity index (χ1) is 13.2. The van der Waals surface area contributed by atoms with Crippen LogP contribution in [0.5, 0.6) is 0 Å². The molecule has 1 saturated carbocycles. The zero-order valence-corrected chi connectivity index (χ0v) is 16.1. The molecule has 2 aliphatic rings. The van der Waals surface area contributed by atoms with E-state index in [1.807, 2.05) is 29.2 Å². The first-order valence-electron chi connectivity index (χ1n) is 10.3. The van der Waals surface area contributed by atoms with Gasteiger partial charge in [-0.2, -0.15) is 0 Å². The lowest BCUT2D eigenvalue weighted by Crippen LogP contribution is -2.52. The fraction of sp³-hybridized carbons (Fsp3) is 0.545. The molecular weight excluding hydrogens is 338 g/mol. The molecule has 5 nitrogen and oxygen atoms in total. The molecule has 4 rings (SSSR count). The highest BCUT2D eigenvalue weighted by molar-refractivity contribution is 5.91. The molecule has 0 radical (unpaired) electrons. The molecule has 27 heavy (non-hydrogen) atoms. The van der Waals surface area contributed by atoms with Crippen molar-refractivity contribution >= 4 is 5.91 Å². The molecule has 0 unspecified atom stereocenters. The lowest BCUT2D eigenvalue weighted by Gasteiger charge is -2.40. The van der Waals surface area contributed by atoms with Crippen LogP contribution in [0, 0.1) is 0 Å². The summed E-state index contributed by atoms with van der Waals surface area (Å²) in [4.78, 5) is 17.3. The van der Waals surface area contributed by atoms with Crippen LogP contribution in [0.1, 0.15) is 66.8 Å². The summed E-state index contributed by atoms with van der Waals surface area (Å²) < 4.78 is 5.41. The molecule has 1 amide bonds. The van der Waals surface area contributed by atoms with Gasteiger partial charge in [-0.25, -0.2) is 0 Å².